The van der Waals surface area contributed by atoms with Crippen molar-refractivity contribution in [1.29, 1.82) is 0 Å². The number of rotatable bonds is 5. The fourth-order valence-electron chi connectivity index (χ4n) is 1.40. The van der Waals surface area contributed by atoms with E-state index in [0.717, 1.165) is 16.4 Å². The second kappa shape index (κ2) is 6.48. The first kappa shape index (κ1) is 12.2. The Hall–Kier alpha value is -1.24. The standard InChI is InChI=1S/C12H12IN3O/c13-11-8-15-9-16-12(11)17-7-1-2-10-3-5-14-6-4-10/h3-6,8-9H,1-2,7H2. The molecule has 2 heterocycles. The van der Waals surface area contributed by atoms with Crippen LogP contribution in [0.25, 0.3) is 0 Å². The third-order valence-electron chi connectivity index (χ3n) is 2.23. The molecule has 2 aromatic heterocycles. The molecule has 0 spiro atoms. The molecule has 0 fully saturated rings. The number of ether oxygens (including phenoxy) is 1. The van der Waals surface area contributed by atoms with Crippen molar-refractivity contribution in [2.24, 2.45) is 0 Å². The Kier molecular flexibility index (Phi) is 4.66. The van der Waals surface area contributed by atoms with E-state index in [0.29, 0.717) is 12.5 Å². The molecule has 0 atom stereocenters. The van der Waals surface area contributed by atoms with Gasteiger partial charge in [-0.15, -0.1) is 0 Å². The van der Waals surface area contributed by atoms with Crippen LogP contribution in [0, 0.1) is 3.57 Å². The van der Waals surface area contributed by atoms with Gasteiger partial charge >= 0.3 is 0 Å². The van der Waals surface area contributed by atoms with Gasteiger partial charge in [-0.3, -0.25) is 4.98 Å². The molecule has 88 valence electrons. The van der Waals surface area contributed by atoms with Crippen molar-refractivity contribution >= 4 is 22.6 Å². The lowest BCUT2D eigenvalue weighted by Gasteiger charge is -2.06. The molecule has 0 aliphatic carbocycles. The quantitative estimate of drug-likeness (QED) is 0.619. The van der Waals surface area contributed by atoms with E-state index in [2.05, 4.69) is 37.5 Å². The maximum absolute atomic E-state index is 5.58. The number of nitrogens with zero attached hydrogens (tertiary/aromatic N) is 3. The molecule has 2 rings (SSSR count). The van der Waals surface area contributed by atoms with E-state index in [1.165, 1.54) is 11.9 Å². The van der Waals surface area contributed by atoms with Gasteiger partial charge in [-0.05, 0) is 53.1 Å². The Balaban J connectivity index is 1.76. The van der Waals surface area contributed by atoms with E-state index in [-0.39, 0.29) is 0 Å². The zero-order valence-corrected chi connectivity index (χ0v) is 11.4. The molecular weight excluding hydrogens is 329 g/mol. The Morgan fingerprint density at radius 3 is 2.76 bits per heavy atom. The van der Waals surface area contributed by atoms with E-state index in [4.69, 9.17) is 4.74 Å². The highest BCUT2D eigenvalue weighted by molar-refractivity contribution is 14.1. The van der Waals surface area contributed by atoms with Crippen LogP contribution in [0.4, 0.5) is 0 Å². The molecular formula is C12H12IN3O. The maximum Gasteiger partial charge on any atom is 0.230 e. The zero-order chi connectivity index (χ0) is 11.9. The number of hydrogen-bond acceptors (Lipinski definition) is 4. The van der Waals surface area contributed by atoms with Gasteiger partial charge in [-0.1, -0.05) is 0 Å². The van der Waals surface area contributed by atoms with Gasteiger partial charge in [0.25, 0.3) is 0 Å². The summed E-state index contributed by atoms with van der Waals surface area (Å²) in [6, 6.07) is 4.04. The van der Waals surface area contributed by atoms with Crippen molar-refractivity contribution < 1.29 is 4.74 Å². The van der Waals surface area contributed by atoms with E-state index in [9.17, 15) is 0 Å². The average molecular weight is 341 g/mol. The molecule has 0 unspecified atom stereocenters. The van der Waals surface area contributed by atoms with Gasteiger partial charge in [-0.25, -0.2) is 9.97 Å². The molecule has 0 amide bonds. The van der Waals surface area contributed by atoms with Crippen molar-refractivity contribution in [2.75, 3.05) is 6.61 Å². The highest BCUT2D eigenvalue weighted by Gasteiger charge is 2.01. The molecule has 0 aliphatic rings. The van der Waals surface area contributed by atoms with Gasteiger partial charge < -0.3 is 4.74 Å². The zero-order valence-electron chi connectivity index (χ0n) is 9.21. The number of aryl methyl sites for hydroxylation is 1. The van der Waals surface area contributed by atoms with Crippen LogP contribution in [-0.2, 0) is 6.42 Å². The van der Waals surface area contributed by atoms with Crippen molar-refractivity contribution in [1.82, 2.24) is 15.0 Å². The minimum absolute atomic E-state index is 0.662. The summed E-state index contributed by atoms with van der Waals surface area (Å²) in [6.07, 6.45) is 8.81. The number of aromatic nitrogens is 3. The minimum Gasteiger partial charge on any atom is -0.477 e. The largest absolute Gasteiger partial charge is 0.477 e. The summed E-state index contributed by atoms with van der Waals surface area (Å²) in [7, 11) is 0. The monoisotopic (exact) mass is 341 g/mol. The molecule has 0 N–H and O–H groups in total. The summed E-state index contributed by atoms with van der Waals surface area (Å²) < 4.78 is 6.52. The van der Waals surface area contributed by atoms with E-state index in [1.54, 1.807) is 6.20 Å². The molecule has 0 bridgehead atoms. The topological polar surface area (TPSA) is 47.9 Å². The predicted molar refractivity (Wildman–Crippen MR) is 72.8 cm³/mol. The summed E-state index contributed by atoms with van der Waals surface area (Å²) >= 11 is 2.17. The summed E-state index contributed by atoms with van der Waals surface area (Å²) in [6.45, 7) is 0.662. The predicted octanol–water partition coefficient (Wildman–Crippen LogP) is 2.49. The smallest absolute Gasteiger partial charge is 0.230 e. The first-order valence-electron chi connectivity index (χ1n) is 5.33. The highest BCUT2D eigenvalue weighted by atomic mass is 127. The van der Waals surface area contributed by atoms with Gasteiger partial charge in [0.1, 0.15) is 6.33 Å². The molecule has 0 saturated carbocycles. The van der Waals surface area contributed by atoms with E-state index >= 15 is 0 Å². The van der Waals surface area contributed by atoms with E-state index < -0.39 is 0 Å². The first-order valence-corrected chi connectivity index (χ1v) is 6.41. The SMILES string of the molecule is Ic1cncnc1OCCCc1ccncc1. The van der Waals surface area contributed by atoms with Crippen molar-refractivity contribution in [3.63, 3.8) is 0 Å². The Morgan fingerprint density at radius 2 is 2.00 bits per heavy atom. The molecule has 17 heavy (non-hydrogen) atoms. The van der Waals surface area contributed by atoms with Crippen LogP contribution in [0.5, 0.6) is 5.88 Å². The number of halogens is 1. The van der Waals surface area contributed by atoms with Crippen LogP contribution in [-0.4, -0.2) is 21.6 Å². The van der Waals surface area contributed by atoms with Gasteiger partial charge in [0, 0.05) is 18.6 Å². The summed E-state index contributed by atoms with van der Waals surface area (Å²) in [4.78, 5) is 12.0. The molecule has 2 aromatic rings. The lowest BCUT2D eigenvalue weighted by Crippen LogP contribution is -2.02. The second-order valence-corrected chi connectivity index (χ2v) is 4.65. The fourth-order valence-corrected chi connectivity index (χ4v) is 1.86. The lowest BCUT2D eigenvalue weighted by atomic mass is 10.1. The molecule has 5 heteroatoms. The number of hydrogen-bond donors (Lipinski definition) is 0. The summed E-state index contributed by atoms with van der Waals surface area (Å²) in [5.41, 5.74) is 1.28. The summed E-state index contributed by atoms with van der Waals surface area (Å²) in [5, 5.41) is 0. The Labute approximate surface area is 114 Å². The van der Waals surface area contributed by atoms with Crippen molar-refractivity contribution in [3.05, 3.63) is 46.2 Å². The van der Waals surface area contributed by atoms with Gasteiger partial charge in [-0.2, -0.15) is 0 Å². The normalized spacial score (nSPS) is 10.2. The molecule has 0 aliphatic heterocycles. The summed E-state index contributed by atoms with van der Waals surface area (Å²) in [5.74, 6) is 0.662. The Bertz CT molecular complexity index is 464. The third-order valence-corrected chi connectivity index (χ3v) is 2.97. The van der Waals surface area contributed by atoms with Gasteiger partial charge in [0.2, 0.25) is 5.88 Å². The van der Waals surface area contributed by atoms with Crippen LogP contribution < -0.4 is 4.74 Å². The van der Waals surface area contributed by atoms with Crippen LogP contribution in [0.15, 0.2) is 37.1 Å². The van der Waals surface area contributed by atoms with Crippen LogP contribution >= 0.6 is 22.6 Å². The van der Waals surface area contributed by atoms with Crippen LogP contribution in [0.1, 0.15) is 12.0 Å². The third kappa shape index (κ3) is 3.92. The Morgan fingerprint density at radius 1 is 1.18 bits per heavy atom. The lowest BCUT2D eigenvalue weighted by molar-refractivity contribution is 0.296. The van der Waals surface area contributed by atoms with E-state index in [1.807, 2.05) is 24.5 Å². The van der Waals surface area contributed by atoms with Crippen LogP contribution in [0.3, 0.4) is 0 Å². The maximum atomic E-state index is 5.58. The first-order chi connectivity index (χ1) is 8.36. The highest BCUT2D eigenvalue weighted by Crippen LogP contribution is 2.15. The molecule has 0 aromatic carbocycles. The molecule has 4 nitrogen and oxygen atoms in total. The minimum atomic E-state index is 0.662. The van der Waals surface area contributed by atoms with Gasteiger partial charge in [0.15, 0.2) is 0 Å². The second-order valence-electron chi connectivity index (χ2n) is 3.48. The van der Waals surface area contributed by atoms with Crippen molar-refractivity contribution in [2.45, 2.75) is 12.8 Å². The van der Waals surface area contributed by atoms with Crippen molar-refractivity contribution in [3.8, 4) is 5.88 Å². The number of pyridine rings is 1. The van der Waals surface area contributed by atoms with Crippen LogP contribution in [0.2, 0.25) is 0 Å². The fraction of sp³-hybridized carbons (Fsp3) is 0.250. The molecule has 0 radical (unpaired) electrons. The van der Waals surface area contributed by atoms with Gasteiger partial charge in [0.05, 0.1) is 10.2 Å². The molecule has 0 saturated heterocycles. The average Bonchev–Trinajstić information content (AvgIpc) is 2.38.